The van der Waals surface area contributed by atoms with Crippen LogP contribution >= 0.6 is 0 Å². The van der Waals surface area contributed by atoms with E-state index in [-0.39, 0.29) is 5.41 Å². The van der Waals surface area contributed by atoms with Crippen molar-refractivity contribution in [2.75, 3.05) is 7.11 Å². The number of phenolic OH excluding ortho intramolecular Hbond substituents is 1. The van der Waals surface area contributed by atoms with E-state index in [2.05, 4.69) is 6.07 Å². The van der Waals surface area contributed by atoms with E-state index in [9.17, 15) is 5.11 Å². The van der Waals surface area contributed by atoms with Crippen LogP contribution in [0.25, 0.3) is 0 Å². The van der Waals surface area contributed by atoms with Gasteiger partial charge in [0.2, 0.25) is 0 Å². The van der Waals surface area contributed by atoms with E-state index in [1.165, 1.54) is 43.2 Å². The Morgan fingerprint density at radius 2 is 1.95 bits per heavy atom. The molecule has 2 heteroatoms. The molecule has 1 N–H and O–H groups in total. The van der Waals surface area contributed by atoms with Crippen molar-refractivity contribution in [1.82, 2.24) is 0 Å². The second-order valence-corrected chi connectivity index (χ2v) is 6.99. The number of allylic oxidation sites excluding steroid dienone is 1. The second kappa shape index (κ2) is 4.28. The summed E-state index contributed by atoms with van der Waals surface area (Å²) in [6.07, 6.45) is 8.57. The second-order valence-electron chi connectivity index (χ2n) is 6.99. The van der Waals surface area contributed by atoms with Crippen molar-refractivity contribution in [2.24, 2.45) is 17.8 Å². The van der Waals surface area contributed by atoms with E-state index in [0.29, 0.717) is 11.7 Å². The van der Waals surface area contributed by atoms with Crippen LogP contribution in [0.2, 0.25) is 0 Å². The molecule has 1 aromatic rings. The van der Waals surface area contributed by atoms with Gasteiger partial charge < -0.3 is 9.84 Å². The monoisotopic (exact) mass is 270 g/mol. The van der Waals surface area contributed by atoms with Crippen LogP contribution in [0.15, 0.2) is 36.1 Å². The van der Waals surface area contributed by atoms with E-state index in [0.717, 1.165) is 11.8 Å². The van der Waals surface area contributed by atoms with Crippen molar-refractivity contribution < 1.29 is 9.84 Å². The number of aromatic hydroxyl groups is 1. The molecule has 5 rings (SSSR count). The van der Waals surface area contributed by atoms with E-state index in [1.807, 2.05) is 18.4 Å². The quantitative estimate of drug-likeness (QED) is 0.823. The van der Waals surface area contributed by atoms with Crippen molar-refractivity contribution in [3.05, 3.63) is 41.7 Å². The Hall–Kier alpha value is -1.44. The molecule has 2 atom stereocenters. The summed E-state index contributed by atoms with van der Waals surface area (Å²) in [5.74, 6) is 2.81. The number of methoxy groups -OCH3 is 1. The lowest BCUT2D eigenvalue weighted by molar-refractivity contribution is 0.0424. The van der Waals surface area contributed by atoms with Crippen LogP contribution in [-0.2, 0) is 10.2 Å². The SMILES string of the molecule is COC=C1C2CC3CC(C2)CC1(c1cccc(O)c1)C3. The molecule has 106 valence electrons. The smallest absolute Gasteiger partial charge is 0.115 e. The molecule has 0 saturated heterocycles. The molecule has 4 aliphatic rings. The minimum Gasteiger partial charge on any atom is -0.508 e. The van der Waals surface area contributed by atoms with Gasteiger partial charge in [-0.05, 0) is 73.1 Å². The topological polar surface area (TPSA) is 29.5 Å². The minimum absolute atomic E-state index is 0.128. The molecule has 0 amide bonds. The predicted octanol–water partition coefficient (Wildman–Crippen LogP) is 4.00. The Balaban J connectivity index is 1.86. The summed E-state index contributed by atoms with van der Waals surface area (Å²) < 4.78 is 5.42. The third-order valence-electron chi connectivity index (χ3n) is 5.81. The molecule has 20 heavy (non-hydrogen) atoms. The fourth-order valence-electron chi connectivity index (χ4n) is 5.39. The van der Waals surface area contributed by atoms with Crippen LogP contribution < -0.4 is 0 Å². The maximum Gasteiger partial charge on any atom is 0.115 e. The lowest BCUT2D eigenvalue weighted by atomic mass is 9.46. The van der Waals surface area contributed by atoms with Gasteiger partial charge in [0, 0.05) is 5.41 Å². The normalized spacial score (nSPS) is 40.2. The van der Waals surface area contributed by atoms with Crippen molar-refractivity contribution in [3.63, 3.8) is 0 Å². The van der Waals surface area contributed by atoms with Gasteiger partial charge in [-0.3, -0.25) is 0 Å². The molecule has 4 saturated carbocycles. The third-order valence-corrected chi connectivity index (χ3v) is 5.81. The van der Waals surface area contributed by atoms with Gasteiger partial charge in [0.15, 0.2) is 0 Å². The molecule has 1 aromatic carbocycles. The number of hydrogen-bond acceptors (Lipinski definition) is 2. The lowest BCUT2D eigenvalue weighted by Crippen LogP contribution is -2.50. The summed E-state index contributed by atoms with van der Waals surface area (Å²) in [7, 11) is 1.76. The van der Waals surface area contributed by atoms with Gasteiger partial charge in [-0.1, -0.05) is 12.1 Å². The molecule has 0 spiro atoms. The Morgan fingerprint density at radius 3 is 2.60 bits per heavy atom. The average Bonchev–Trinajstić information content (AvgIpc) is 2.42. The van der Waals surface area contributed by atoms with Crippen LogP contribution in [0.5, 0.6) is 5.75 Å². The van der Waals surface area contributed by atoms with Crippen molar-refractivity contribution in [2.45, 2.75) is 37.5 Å². The van der Waals surface area contributed by atoms with Gasteiger partial charge in [-0.2, -0.15) is 0 Å². The molecular weight excluding hydrogens is 248 g/mol. The zero-order valence-electron chi connectivity index (χ0n) is 12.0. The first-order chi connectivity index (χ1) is 9.71. The largest absolute Gasteiger partial charge is 0.508 e. The van der Waals surface area contributed by atoms with Crippen LogP contribution in [0, 0.1) is 17.8 Å². The molecular formula is C18H22O2. The van der Waals surface area contributed by atoms with Gasteiger partial charge in [-0.25, -0.2) is 0 Å². The molecule has 0 aromatic heterocycles. The fraction of sp³-hybridized carbons (Fsp3) is 0.556. The first-order valence-electron chi connectivity index (χ1n) is 7.74. The van der Waals surface area contributed by atoms with Gasteiger partial charge in [0.25, 0.3) is 0 Å². The molecule has 0 heterocycles. The molecule has 0 aliphatic heterocycles. The van der Waals surface area contributed by atoms with Crippen molar-refractivity contribution in [1.29, 1.82) is 0 Å². The lowest BCUT2D eigenvalue weighted by Gasteiger charge is -2.58. The Kier molecular flexibility index (Phi) is 2.63. The highest BCUT2D eigenvalue weighted by Crippen LogP contribution is 2.63. The number of ether oxygens (including phenoxy) is 1. The number of hydrogen-bond donors (Lipinski definition) is 1. The van der Waals surface area contributed by atoms with E-state index in [1.54, 1.807) is 13.2 Å². The zero-order valence-corrected chi connectivity index (χ0v) is 12.0. The molecule has 0 radical (unpaired) electrons. The number of rotatable bonds is 2. The minimum atomic E-state index is 0.128. The fourth-order valence-corrected chi connectivity index (χ4v) is 5.39. The van der Waals surface area contributed by atoms with Crippen LogP contribution in [0.3, 0.4) is 0 Å². The summed E-state index contributed by atoms with van der Waals surface area (Å²) in [6, 6.07) is 7.91. The predicted molar refractivity (Wildman–Crippen MR) is 78.4 cm³/mol. The highest BCUT2D eigenvalue weighted by Gasteiger charge is 2.55. The van der Waals surface area contributed by atoms with Gasteiger partial charge in [0.1, 0.15) is 5.75 Å². The van der Waals surface area contributed by atoms with Gasteiger partial charge >= 0.3 is 0 Å². The highest BCUT2D eigenvalue weighted by molar-refractivity contribution is 5.44. The maximum absolute atomic E-state index is 9.88. The standard InChI is InChI=1S/C18H22O2/c1-20-11-17-14-6-12-5-13(7-14)10-18(17,9-12)15-3-2-4-16(19)8-15/h2-4,8,11-14,19H,5-7,9-10H2,1H3. The van der Waals surface area contributed by atoms with E-state index in [4.69, 9.17) is 4.74 Å². The molecule has 4 bridgehead atoms. The Morgan fingerprint density at radius 1 is 1.20 bits per heavy atom. The Bertz CT molecular complexity index is 546. The maximum atomic E-state index is 9.88. The number of benzene rings is 1. The van der Waals surface area contributed by atoms with Crippen LogP contribution in [0.1, 0.15) is 37.7 Å². The molecule has 4 aliphatic carbocycles. The number of phenols is 1. The summed E-state index contributed by atoms with van der Waals surface area (Å²) in [5, 5.41) is 9.88. The molecule has 4 fully saturated rings. The molecule has 2 nitrogen and oxygen atoms in total. The van der Waals surface area contributed by atoms with E-state index >= 15 is 0 Å². The first kappa shape index (κ1) is 12.3. The Labute approximate surface area is 120 Å². The van der Waals surface area contributed by atoms with Crippen molar-refractivity contribution in [3.8, 4) is 5.75 Å². The zero-order chi connectivity index (χ0) is 13.7. The summed E-state index contributed by atoms with van der Waals surface area (Å²) >= 11 is 0. The van der Waals surface area contributed by atoms with Crippen LogP contribution in [0.4, 0.5) is 0 Å². The first-order valence-corrected chi connectivity index (χ1v) is 7.74. The van der Waals surface area contributed by atoms with Crippen LogP contribution in [-0.4, -0.2) is 12.2 Å². The van der Waals surface area contributed by atoms with E-state index < -0.39 is 0 Å². The molecule has 2 unspecified atom stereocenters. The summed E-state index contributed by atoms with van der Waals surface area (Å²) in [5.41, 5.74) is 2.90. The average molecular weight is 270 g/mol. The van der Waals surface area contributed by atoms with Crippen molar-refractivity contribution >= 4 is 0 Å². The summed E-state index contributed by atoms with van der Waals surface area (Å²) in [6.45, 7) is 0. The summed E-state index contributed by atoms with van der Waals surface area (Å²) in [4.78, 5) is 0. The van der Waals surface area contributed by atoms with Gasteiger partial charge in [-0.15, -0.1) is 0 Å². The third kappa shape index (κ3) is 1.63. The van der Waals surface area contributed by atoms with Gasteiger partial charge in [0.05, 0.1) is 13.4 Å². The highest BCUT2D eigenvalue weighted by atomic mass is 16.5.